The lowest BCUT2D eigenvalue weighted by molar-refractivity contribution is 0.952. The molecule has 0 unspecified atom stereocenters. The second-order valence-electron chi connectivity index (χ2n) is 10.6. The molecule has 0 bridgehead atoms. The molecule has 5 heteroatoms. The van der Waals surface area contributed by atoms with E-state index in [9.17, 15) is 2.74 Å². The maximum absolute atomic E-state index is 9.50. The van der Waals surface area contributed by atoms with E-state index in [0.717, 1.165) is 9.13 Å². The summed E-state index contributed by atoms with van der Waals surface area (Å²) in [6, 6.07) is -3.01. The zero-order valence-corrected chi connectivity index (χ0v) is 24.3. The topological polar surface area (TPSA) is 48.5 Å². The number of rotatable bonds is 4. The van der Waals surface area contributed by atoms with Crippen LogP contribution in [0.4, 0.5) is 0 Å². The highest BCUT2D eigenvalue weighted by Gasteiger charge is 2.21. The van der Waals surface area contributed by atoms with Gasteiger partial charge in [-0.3, -0.25) is 4.57 Å². The first kappa shape index (κ1) is 13.6. The van der Waals surface area contributed by atoms with Crippen molar-refractivity contribution >= 4 is 54.4 Å². The summed E-state index contributed by atoms with van der Waals surface area (Å²) in [5, 5.41) is -0.182. The van der Waals surface area contributed by atoms with Gasteiger partial charge in [-0.25, -0.2) is 4.98 Å². The first-order valence-electron chi connectivity index (χ1n) is 24.5. The average Bonchev–Trinajstić information content (AvgIpc) is 3.89. The van der Waals surface area contributed by atoms with Crippen LogP contribution < -0.4 is 0 Å². The summed E-state index contributed by atoms with van der Waals surface area (Å²) in [5.41, 5.74) is -2.67. The minimum atomic E-state index is -0.872. The van der Waals surface area contributed by atoms with Crippen molar-refractivity contribution < 1.29 is 27.4 Å². The Bertz CT molecular complexity index is 3840. The molecule has 3 heterocycles. The summed E-state index contributed by atoms with van der Waals surface area (Å²) in [5.74, 6) is -1.38. The molecule has 7 aromatic carbocycles. The Morgan fingerprint density at radius 2 is 0.875 bits per heavy atom. The van der Waals surface area contributed by atoms with Crippen molar-refractivity contribution in [3.8, 4) is 34.4 Å². The van der Waals surface area contributed by atoms with Crippen LogP contribution in [0.25, 0.3) is 88.8 Å². The number of nitrogens with zero attached hydrogens (tertiary/aromatic N) is 5. The Hall–Kier alpha value is -6.59. The number of para-hydroxylation sites is 5. The second kappa shape index (κ2) is 10.5. The van der Waals surface area contributed by atoms with E-state index in [-0.39, 0.29) is 27.6 Å². The normalized spacial score (nSPS) is 17.6. The number of fused-ring (bicyclic) bond motifs is 7. The maximum atomic E-state index is 9.50. The van der Waals surface area contributed by atoms with Gasteiger partial charge in [-0.15, -0.1) is 0 Å². The van der Waals surface area contributed by atoms with Gasteiger partial charge in [-0.2, -0.15) is 9.97 Å². The van der Waals surface area contributed by atoms with Gasteiger partial charge in [0.25, 0.3) is 0 Å². The van der Waals surface area contributed by atoms with E-state index < -0.39 is 166 Å². The van der Waals surface area contributed by atoms with Gasteiger partial charge in [0.05, 0.1) is 55.2 Å². The smallest absolute Gasteiger partial charge is 0.238 e. The van der Waals surface area contributed by atoms with E-state index in [1.54, 1.807) is 42.5 Å². The van der Waals surface area contributed by atoms with Gasteiger partial charge in [0.2, 0.25) is 5.95 Å². The Morgan fingerprint density at radius 1 is 0.396 bits per heavy atom. The van der Waals surface area contributed by atoms with Crippen LogP contribution in [0.3, 0.4) is 0 Å². The van der Waals surface area contributed by atoms with Gasteiger partial charge in [0, 0.05) is 32.7 Å². The lowest BCUT2D eigenvalue weighted by Gasteiger charge is -2.15. The highest BCUT2D eigenvalue weighted by Crippen LogP contribution is 2.37. The first-order chi connectivity index (χ1) is 32.1. The van der Waals surface area contributed by atoms with Crippen LogP contribution in [0.1, 0.15) is 27.4 Å². The molecular weight excluding hydrogens is 587 g/mol. The summed E-state index contributed by atoms with van der Waals surface area (Å²) in [6.45, 7) is 0. The van der Waals surface area contributed by atoms with Crippen LogP contribution in [-0.4, -0.2) is 24.1 Å². The van der Waals surface area contributed by atoms with Crippen molar-refractivity contribution in [3.05, 3.63) is 163 Å². The minimum absolute atomic E-state index is 0.220. The maximum Gasteiger partial charge on any atom is 0.238 e. The third kappa shape index (κ3) is 3.94. The number of benzene rings is 7. The van der Waals surface area contributed by atoms with Crippen molar-refractivity contribution in [1.29, 1.82) is 0 Å². The quantitative estimate of drug-likeness (QED) is 0.194. The van der Waals surface area contributed by atoms with Gasteiger partial charge in [-0.1, -0.05) is 127 Å². The number of hydrogen-bond acceptors (Lipinski definition) is 3. The largest absolute Gasteiger partial charge is 0.309 e. The molecule has 0 atom stereocenters. The number of aromatic nitrogens is 5. The average molecular weight is 634 g/mol. The predicted molar refractivity (Wildman–Crippen MR) is 197 cm³/mol. The Balaban J connectivity index is 1.48. The molecule has 0 aliphatic rings. The van der Waals surface area contributed by atoms with Gasteiger partial charge in [-0.05, 0) is 47.0 Å². The van der Waals surface area contributed by atoms with E-state index in [2.05, 4.69) is 0 Å². The van der Waals surface area contributed by atoms with Gasteiger partial charge in [0.1, 0.15) is 0 Å². The molecule has 0 saturated carbocycles. The zero-order valence-electron chi connectivity index (χ0n) is 44.3. The molecule has 0 aliphatic carbocycles. The molecule has 0 radical (unpaired) electrons. The van der Waals surface area contributed by atoms with Gasteiger partial charge < -0.3 is 4.57 Å². The summed E-state index contributed by atoms with van der Waals surface area (Å²) < 4.78 is 180. The van der Waals surface area contributed by atoms with Crippen molar-refractivity contribution in [3.63, 3.8) is 0 Å². The van der Waals surface area contributed by atoms with Gasteiger partial charge in [0.15, 0.2) is 11.6 Å². The molecule has 10 aromatic rings. The molecule has 0 saturated heterocycles. The molecule has 0 amide bonds. The van der Waals surface area contributed by atoms with E-state index in [1.807, 2.05) is 0 Å². The van der Waals surface area contributed by atoms with Crippen molar-refractivity contribution in [2.45, 2.75) is 0 Å². The van der Waals surface area contributed by atoms with Crippen LogP contribution in [0.5, 0.6) is 0 Å². The van der Waals surface area contributed by atoms with Crippen molar-refractivity contribution in [1.82, 2.24) is 24.1 Å². The summed E-state index contributed by atoms with van der Waals surface area (Å²) in [7, 11) is 0. The highest BCUT2D eigenvalue weighted by atomic mass is 15.2. The zero-order chi connectivity index (χ0) is 49.0. The van der Waals surface area contributed by atoms with Crippen LogP contribution in [0.2, 0.25) is 0 Å². The SMILES string of the molecule is [2H]c1c([2H])c([2H])c(-n2c3c([2H])c([2H])c([2H])c([2H])c3c3c([2H])c([2H])c([2H])c([2H])c32)c(-c2nc(-c3cccc4ccccc34)nc(-n3c4c([2H])c([2H])c([2H])c([2H])c4c4c([2H])c([2H])c([2H])c([2H])c43)n2)c1[2H]. The molecule has 10 rings (SSSR count). The Morgan fingerprint density at radius 3 is 1.50 bits per heavy atom. The Kier molecular flexibility index (Phi) is 2.98. The standard InChI is InChI=1S/C43H27N5/c1-2-16-29-28(14-1)15-13-22-34(29)41-44-42(46-43(45-41)48-38-25-10-5-19-32(38)33-20-6-11-26-39(33)48)35-21-7-12-27-40(35)47-36-23-8-3-17-30(36)31-18-4-9-24-37(31)47/h1-27H/i3D,4D,5D,6D,7D,8D,9D,10D,11D,12D,17D,18D,19D,20D,21D,23D,24D,25D,26D,27D. The monoisotopic (exact) mass is 633 g/mol. The van der Waals surface area contributed by atoms with Crippen LogP contribution in [-0.2, 0) is 0 Å². The molecule has 0 N–H and O–H groups in total. The highest BCUT2D eigenvalue weighted by molar-refractivity contribution is 6.10. The second-order valence-corrected chi connectivity index (χ2v) is 10.6. The summed E-state index contributed by atoms with van der Waals surface area (Å²) in [4.78, 5) is 14.3. The fraction of sp³-hybridized carbons (Fsp3) is 0. The molecule has 0 spiro atoms. The molecular formula is C43H27N5. The van der Waals surface area contributed by atoms with Crippen LogP contribution in [0.15, 0.2) is 163 Å². The molecule has 48 heavy (non-hydrogen) atoms. The van der Waals surface area contributed by atoms with E-state index in [0.29, 0.717) is 16.3 Å². The van der Waals surface area contributed by atoms with E-state index >= 15 is 0 Å². The number of hydrogen-bond donors (Lipinski definition) is 0. The third-order valence-electron chi connectivity index (χ3n) is 8.03. The summed E-state index contributed by atoms with van der Waals surface area (Å²) >= 11 is 0. The minimum Gasteiger partial charge on any atom is -0.309 e. The third-order valence-corrected chi connectivity index (χ3v) is 8.03. The Labute approximate surface area is 304 Å². The first-order valence-corrected chi connectivity index (χ1v) is 14.5. The van der Waals surface area contributed by atoms with E-state index in [4.69, 9.17) is 39.6 Å². The predicted octanol–water partition coefficient (Wildman–Crippen LogP) is 10.6. The summed E-state index contributed by atoms with van der Waals surface area (Å²) in [6.07, 6.45) is 0. The lowest BCUT2D eigenvalue weighted by atomic mass is 10.0. The van der Waals surface area contributed by atoms with Crippen LogP contribution >= 0.6 is 0 Å². The fourth-order valence-corrected chi connectivity index (χ4v) is 6.02. The van der Waals surface area contributed by atoms with Crippen molar-refractivity contribution in [2.24, 2.45) is 0 Å². The van der Waals surface area contributed by atoms with Gasteiger partial charge >= 0.3 is 0 Å². The molecule has 3 aromatic heterocycles. The lowest BCUT2D eigenvalue weighted by Crippen LogP contribution is -2.08. The fourth-order valence-electron chi connectivity index (χ4n) is 6.02. The molecule has 224 valence electrons. The molecule has 0 aliphatic heterocycles. The molecule has 5 nitrogen and oxygen atoms in total. The van der Waals surface area contributed by atoms with E-state index in [1.165, 1.54) is 0 Å². The molecule has 0 fully saturated rings. The van der Waals surface area contributed by atoms with Crippen molar-refractivity contribution in [2.75, 3.05) is 0 Å². The van der Waals surface area contributed by atoms with Crippen LogP contribution in [0, 0.1) is 0 Å².